The minimum Gasteiger partial charge on any atom is -0.481 e. The highest BCUT2D eigenvalue weighted by molar-refractivity contribution is 5.92. The van der Waals surface area contributed by atoms with Gasteiger partial charge in [-0.15, -0.1) is 0 Å². The minimum absolute atomic E-state index is 0.0946. The molecule has 4 nitrogen and oxygen atoms in total. The summed E-state index contributed by atoms with van der Waals surface area (Å²) in [6.45, 7) is 4.88. The van der Waals surface area contributed by atoms with Crippen LogP contribution in [0.3, 0.4) is 0 Å². The van der Waals surface area contributed by atoms with Crippen LogP contribution in [0.25, 0.3) is 0 Å². The van der Waals surface area contributed by atoms with Crippen molar-refractivity contribution in [1.82, 2.24) is 4.90 Å². The highest BCUT2D eigenvalue weighted by atomic mass is 16.4. The Bertz CT molecular complexity index is 866. The molecule has 1 saturated carbocycles. The largest absolute Gasteiger partial charge is 0.481 e. The van der Waals surface area contributed by atoms with Crippen molar-refractivity contribution in [2.24, 2.45) is 5.92 Å². The third-order valence-corrected chi connectivity index (χ3v) is 6.09. The van der Waals surface area contributed by atoms with Crippen molar-refractivity contribution < 1.29 is 14.7 Å². The molecule has 140 valence electrons. The number of hydrogen-bond donors (Lipinski definition) is 1. The molecule has 4 rings (SSSR count). The molecule has 27 heavy (non-hydrogen) atoms. The lowest BCUT2D eigenvalue weighted by Crippen LogP contribution is -2.38. The Kier molecular flexibility index (Phi) is 4.29. The number of carboxylic acids is 1. The third kappa shape index (κ3) is 3.14. The Morgan fingerprint density at radius 3 is 2.19 bits per heavy atom. The lowest BCUT2D eigenvalue weighted by atomic mass is 9.89. The first-order chi connectivity index (χ1) is 12.9. The molecule has 0 aromatic heterocycles. The molecule has 1 N–H and O–H groups in total. The van der Waals surface area contributed by atoms with E-state index in [1.165, 1.54) is 0 Å². The van der Waals surface area contributed by atoms with E-state index in [4.69, 9.17) is 0 Å². The molecule has 1 saturated heterocycles. The summed E-state index contributed by atoms with van der Waals surface area (Å²) in [5, 5.41) is 9.71. The number of rotatable bonds is 4. The monoisotopic (exact) mass is 363 g/mol. The summed E-state index contributed by atoms with van der Waals surface area (Å²) in [5.74, 6) is -1.43. The van der Waals surface area contributed by atoms with E-state index in [0.29, 0.717) is 13.1 Å². The number of aliphatic carboxylic acids is 1. The molecular weight excluding hydrogens is 338 g/mol. The number of hydrogen-bond acceptors (Lipinski definition) is 2. The zero-order valence-electron chi connectivity index (χ0n) is 15.8. The Labute approximate surface area is 159 Å². The minimum atomic E-state index is -0.824. The SMILES string of the molecule is Cc1cc(C)cc(C2(C(=O)N3C[C@H](C(=O)O)[C@H](c4ccccc4)C3)CC2)c1. The maximum atomic E-state index is 13.4. The molecule has 4 heteroatoms. The Morgan fingerprint density at radius 1 is 1.00 bits per heavy atom. The maximum absolute atomic E-state index is 13.4. The number of likely N-dealkylation sites (tertiary alicyclic amines) is 1. The second kappa shape index (κ2) is 6.52. The van der Waals surface area contributed by atoms with Crippen LogP contribution < -0.4 is 0 Å². The van der Waals surface area contributed by atoms with Crippen molar-refractivity contribution in [3.8, 4) is 0 Å². The van der Waals surface area contributed by atoms with Gasteiger partial charge in [0.25, 0.3) is 0 Å². The molecule has 1 aliphatic heterocycles. The average molecular weight is 363 g/mol. The van der Waals surface area contributed by atoms with Gasteiger partial charge in [-0.2, -0.15) is 0 Å². The summed E-state index contributed by atoms with van der Waals surface area (Å²) in [4.78, 5) is 27.1. The van der Waals surface area contributed by atoms with Crippen LogP contribution in [0.15, 0.2) is 48.5 Å². The molecule has 0 spiro atoms. The Morgan fingerprint density at radius 2 is 1.63 bits per heavy atom. The van der Waals surface area contributed by atoms with Crippen LogP contribution in [-0.4, -0.2) is 35.0 Å². The van der Waals surface area contributed by atoms with Gasteiger partial charge in [-0.1, -0.05) is 59.7 Å². The standard InChI is InChI=1S/C23H25NO3/c1-15-10-16(2)12-18(11-15)23(8-9-23)22(27)24-13-19(20(14-24)21(25)26)17-6-4-3-5-7-17/h3-7,10-12,19-20H,8-9,13-14H2,1-2H3,(H,25,26)/t19-,20-/m0/s1. The summed E-state index contributed by atoms with van der Waals surface area (Å²) in [6.07, 6.45) is 1.69. The van der Waals surface area contributed by atoms with Gasteiger partial charge < -0.3 is 10.0 Å². The van der Waals surface area contributed by atoms with E-state index in [-0.39, 0.29) is 11.8 Å². The van der Waals surface area contributed by atoms with E-state index < -0.39 is 17.3 Å². The molecule has 1 amide bonds. The number of amides is 1. The molecule has 2 aromatic carbocycles. The van der Waals surface area contributed by atoms with Gasteiger partial charge in [-0.05, 0) is 37.8 Å². The first-order valence-corrected chi connectivity index (χ1v) is 9.56. The third-order valence-electron chi connectivity index (χ3n) is 6.09. The molecule has 2 aliphatic rings. The van der Waals surface area contributed by atoms with Crippen LogP contribution in [0.4, 0.5) is 0 Å². The summed E-state index contributed by atoms with van der Waals surface area (Å²) in [6, 6.07) is 16.0. The maximum Gasteiger partial charge on any atom is 0.308 e. The Hall–Kier alpha value is -2.62. The zero-order chi connectivity index (χ0) is 19.2. The van der Waals surface area contributed by atoms with Crippen LogP contribution >= 0.6 is 0 Å². The molecular formula is C23H25NO3. The van der Waals surface area contributed by atoms with Gasteiger partial charge in [0.2, 0.25) is 5.91 Å². The average Bonchev–Trinajstić information content (AvgIpc) is 3.33. The number of nitrogens with zero attached hydrogens (tertiary/aromatic N) is 1. The second-order valence-electron chi connectivity index (χ2n) is 8.13. The number of carbonyl (C=O) groups is 2. The number of benzene rings is 2. The van der Waals surface area contributed by atoms with Gasteiger partial charge in [0.15, 0.2) is 0 Å². The molecule has 0 bridgehead atoms. The van der Waals surface area contributed by atoms with Crippen molar-refractivity contribution in [1.29, 1.82) is 0 Å². The van der Waals surface area contributed by atoms with Crippen LogP contribution in [0.5, 0.6) is 0 Å². The molecule has 1 heterocycles. The molecule has 2 fully saturated rings. The fourth-order valence-corrected chi connectivity index (χ4v) is 4.56. The molecule has 2 aromatic rings. The normalized spacial score (nSPS) is 23.3. The lowest BCUT2D eigenvalue weighted by molar-refractivity contribution is -0.142. The predicted molar refractivity (Wildman–Crippen MR) is 104 cm³/mol. The van der Waals surface area contributed by atoms with E-state index in [1.807, 2.05) is 30.3 Å². The predicted octanol–water partition coefficient (Wildman–Crippen LogP) is 3.66. The van der Waals surface area contributed by atoms with Gasteiger partial charge in [0.1, 0.15) is 0 Å². The van der Waals surface area contributed by atoms with E-state index in [9.17, 15) is 14.7 Å². The van der Waals surface area contributed by atoms with E-state index >= 15 is 0 Å². The zero-order valence-corrected chi connectivity index (χ0v) is 15.8. The van der Waals surface area contributed by atoms with Crippen LogP contribution in [0.2, 0.25) is 0 Å². The number of carboxylic acid groups (broad SMARTS) is 1. The van der Waals surface area contributed by atoms with Gasteiger partial charge in [-0.25, -0.2) is 0 Å². The van der Waals surface area contributed by atoms with Gasteiger partial charge in [0, 0.05) is 19.0 Å². The molecule has 0 radical (unpaired) electrons. The summed E-state index contributed by atoms with van der Waals surface area (Å²) >= 11 is 0. The first-order valence-electron chi connectivity index (χ1n) is 9.56. The molecule has 0 unspecified atom stereocenters. The smallest absolute Gasteiger partial charge is 0.308 e. The second-order valence-corrected chi connectivity index (χ2v) is 8.13. The highest BCUT2D eigenvalue weighted by Gasteiger charge is 2.55. The topological polar surface area (TPSA) is 57.6 Å². The van der Waals surface area contributed by atoms with Crippen molar-refractivity contribution in [2.45, 2.75) is 38.0 Å². The number of aryl methyl sites for hydroxylation is 2. The van der Waals surface area contributed by atoms with Crippen molar-refractivity contribution in [3.05, 3.63) is 70.8 Å². The van der Waals surface area contributed by atoms with Gasteiger partial charge in [0.05, 0.1) is 11.3 Å². The lowest BCUT2D eigenvalue weighted by Gasteiger charge is -2.24. The van der Waals surface area contributed by atoms with E-state index in [2.05, 4.69) is 32.0 Å². The molecule has 2 atom stereocenters. The van der Waals surface area contributed by atoms with Crippen molar-refractivity contribution >= 4 is 11.9 Å². The summed E-state index contributed by atoms with van der Waals surface area (Å²) < 4.78 is 0. The number of carbonyl (C=O) groups excluding carboxylic acids is 1. The first kappa shape index (κ1) is 17.8. The van der Waals surface area contributed by atoms with Crippen molar-refractivity contribution in [3.63, 3.8) is 0 Å². The quantitative estimate of drug-likeness (QED) is 0.902. The molecule has 1 aliphatic carbocycles. The Balaban J connectivity index is 1.62. The fraction of sp³-hybridized carbons (Fsp3) is 0.391. The summed E-state index contributed by atoms with van der Waals surface area (Å²) in [7, 11) is 0. The van der Waals surface area contributed by atoms with E-state index in [1.54, 1.807) is 4.90 Å². The van der Waals surface area contributed by atoms with E-state index in [0.717, 1.165) is 35.1 Å². The van der Waals surface area contributed by atoms with Crippen LogP contribution in [0, 0.1) is 19.8 Å². The van der Waals surface area contributed by atoms with Crippen LogP contribution in [-0.2, 0) is 15.0 Å². The van der Waals surface area contributed by atoms with Crippen LogP contribution in [0.1, 0.15) is 41.0 Å². The highest BCUT2D eigenvalue weighted by Crippen LogP contribution is 2.51. The van der Waals surface area contributed by atoms with Gasteiger partial charge in [-0.3, -0.25) is 9.59 Å². The van der Waals surface area contributed by atoms with Crippen molar-refractivity contribution in [2.75, 3.05) is 13.1 Å². The fourth-order valence-electron chi connectivity index (χ4n) is 4.56. The summed E-state index contributed by atoms with van der Waals surface area (Å²) in [5.41, 5.74) is 3.95. The van der Waals surface area contributed by atoms with Gasteiger partial charge >= 0.3 is 5.97 Å².